The normalized spacial score (nSPS) is 15.5. The lowest BCUT2D eigenvalue weighted by Crippen LogP contribution is -2.11. The van der Waals surface area contributed by atoms with Crippen LogP contribution in [0.3, 0.4) is 0 Å². The molecule has 1 aliphatic carbocycles. The maximum atomic E-state index is 5.16. The Morgan fingerprint density at radius 2 is 2.27 bits per heavy atom. The van der Waals surface area contributed by atoms with Crippen molar-refractivity contribution in [2.24, 2.45) is 5.92 Å². The lowest BCUT2D eigenvalue weighted by molar-refractivity contribution is 0.156. The number of aromatic nitrogens is 6. The third-order valence-electron chi connectivity index (χ3n) is 4.83. The molecule has 0 aromatic carbocycles. The van der Waals surface area contributed by atoms with Crippen molar-refractivity contribution in [2.45, 2.75) is 45.1 Å². The minimum absolute atomic E-state index is 0.118. The van der Waals surface area contributed by atoms with Crippen molar-refractivity contribution in [3.05, 3.63) is 24.2 Å². The first-order chi connectivity index (χ1) is 12.7. The quantitative estimate of drug-likeness (QED) is 0.612. The summed E-state index contributed by atoms with van der Waals surface area (Å²) < 4.78 is 6.93. The summed E-state index contributed by atoms with van der Waals surface area (Å²) in [5.74, 6) is 2.12. The number of aromatic amines is 1. The first-order valence-corrected chi connectivity index (χ1v) is 9.24. The highest BCUT2D eigenvalue weighted by molar-refractivity contribution is 5.79. The summed E-state index contributed by atoms with van der Waals surface area (Å²) in [5.41, 5.74) is 1.93. The molecule has 0 amide bonds. The molecular weight excluding hydrogens is 330 g/mol. The first kappa shape index (κ1) is 17.0. The highest BCUT2D eigenvalue weighted by Gasteiger charge is 2.20. The number of fused-ring (bicyclic) bond motifs is 1. The number of hydrogen-bond donors (Lipinski definition) is 2. The molecule has 1 fully saturated rings. The second-order valence-electron chi connectivity index (χ2n) is 7.08. The predicted molar refractivity (Wildman–Crippen MR) is 99.4 cm³/mol. The monoisotopic (exact) mass is 355 g/mol. The highest BCUT2D eigenvalue weighted by atomic mass is 16.5. The van der Waals surface area contributed by atoms with Gasteiger partial charge in [-0.05, 0) is 31.7 Å². The summed E-state index contributed by atoms with van der Waals surface area (Å²) in [6.07, 6.45) is 9.99. The molecule has 8 nitrogen and oxygen atoms in total. The molecule has 2 N–H and O–H groups in total. The second kappa shape index (κ2) is 7.41. The van der Waals surface area contributed by atoms with Crippen LogP contribution in [0.1, 0.15) is 44.3 Å². The van der Waals surface area contributed by atoms with E-state index in [9.17, 15) is 0 Å². The van der Waals surface area contributed by atoms with Crippen LogP contribution >= 0.6 is 0 Å². The average molecular weight is 355 g/mol. The van der Waals surface area contributed by atoms with E-state index in [0.717, 1.165) is 29.1 Å². The minimum atomic E-state index is 0.118. The summed E-state index contributed by atoms with van der Waals surface area (Å²) in [6.45, 7) is 2.61. The molecule has 1 unspecified atom stereocenters. The Bertz CT molecular complexity index is 867. The zero-order chi connectivity index (χ0) is 17.9. The summed E-state index contributed by atoms with van der Waals surface area (Å²) >= 11 is 0. The van der Waals surface area contributed by atoms with E-state index in [0.29, 0.717) is 18.4 Å². The summed E-state index contributed by atoms with van der Waals surface area (Å²) in [7, 11) is 1.68. The van der Waals surface area contributed by atoms with Crippen LogP contribution in [-0.4, -0.2) is 43.7 Å². The van der Waals surface area contributed by atoms with Crippen molar-refractivity contribution >= 4 is 22.8 Å². The smallest absolute Gasteiger partial charge is 0.230 e. The number of aryl methyl sites for hydroxylation is 1. The molecule has 0 spiro atoms. The van der Waals surface area contributed by atoms with Gasteiger partial charge in [0.1, 0.15) is 5.65 Å². The van der Waals surface area contributed by atoms with Crippen LogP contribution in [0.2, 0.25) is 0 Å². The van der Waals surface area contributed by atoms with Gasteiger partial charge in [-0.3, -0.25) is 0 Å². The van der Waals surface area contributed by atoms with E-state index in [-0.39, 0.29) is 6.04 Å². The fourth-order valence-electron chi connectivity index (χ4n) is 3.20. The minimum Gasteiger partial charge on any atom is -0.382 e. The fourth-order valence-corrected chi connectivity index (χ4v) is 3.20. The van der Waals surface area contributed by atoms with E-state index in [4.69, 9.17) is 9.72 Å². The number of rotatable bonds is 9. The van der Waals surface area contributed by atoms with Crippen molar-refractivity contribution in [1.29, 1.82) is 0 Å². The molecule has 1 saturated carbocycles. The number of ether oxygens (including phenoxy) is 1. The van der Waals surface area contributed by atoms with E-state index in [1.807, 2.05) is 25.4 Å². The van der Waals surface area contributed by atoms with Crippen LogP contribution < -0.4 is 5.32 Å². The summed E-state index contributed by atoms with van der Waals surface area (Å²) in [5, 5.41) is 12.6. The Balaban J connectivity index is 1.50. The first-order valence-electron chi connectivity index (χ1n) is 9.24. The van der Waals surface area contributed by atoms with Gasteiger partial charge in [0.2, 0.25) is 5.95 Å². The Labute approximate surface area is 152 Å². The van der Waals surface area contributed by atoms with Crippen LogP contribution in [0.5, 0.6) is 0 Å². The van der Waals surface area contributed by atoms with Crippen LogP contribution in [0.15, 0.2) is 18.5 Å². The molecule has 138 valence electrons. The van der Waals surface area contributed by atoms with Gasteiger partial charge in [-0.1, -0.05) is 24.5 Å². The van der Waals surface area contributed by atoms with Crippen molar-refractivity contribution in [3.63, 3.8) is 0 Å². The van der Waals surface area contributed by atoms with Gasteiger partial charge < -0.3 is 15.0 Å². The number of hydrogen-bond acceptors (Lipinski definition) is 6. The van der Waals surface area contributed by atoms with Gasteiger partial charge in [-0.15, -0.1) is 5.10 Å². The number of methoxy groups -OCH3 is 1. The molecule has 1 atom stereocenters. The average Bonchev–Trinajstić information content (AvgIpc) is 3.13. The molecule has 0 saturated heterocycles. The Kier molecular flexibility index (Phi) is 4.83. The van der Waals surface area contributed by atoms with Gasteiger partial charge in [0.05, 0.1) is 24.5 Å². The molecule has 1 aliphatic rings. The Morgan fingerprint density at radius 3 is 3.08 bits per heavy atom. The molecule has 0 radical (unpaired) electrons. The van der Waals surface area contributed by atoms with Crippen molar-refractivity contribution in [1.82, 2.24) is 29.9 Å². The van der Waals surface area contributed by atoms with Crippen LogP contribution in [0, 0.1) is 5.92 Å². The van der Waals surface area contributed by atoms with Crippen LogP contribution in [0.4, 0.5) is 11.8 Å². The van der Waals surface area contributed by atoms with Gasteiger partial charge in [-0.25, -0.2) is 9.67 Å². The predicted octanol–water partition coefficient (Wildman–Crippen LogP) is 3.23. The highest BCUT2D eigenvalue weighted by Crippen LogP contribution is 2.34. The lowest BCUT2D eigenvalue weighted by Gasteiger charge is -2.09. The van der Waals surface area contributed by atoms with Gasteiger partial charge >= 0.3 is 0 Å². The summed E-state index contributed by atoms with van der Waals surface area (Å²) in [4.78, 5) is 12.5. The topological polar surface area (TPSA) is 93.5 Å². The van der Waals surface area contributed by atoms with Crippen molar-refractivity contribution < 1.29 is 4.74 Å². The zero-order valence-corrected chi connectivity index (χ0v) is 15.3. The fraction of sp³-hybridized carbons (Fsp3) is 0.556. The molecule has 0 aliphatic heterocycles. The second-order valence-corrected chi connectivity index (χ2v) is 7.08. The molecular formula is C18H25N7O. The zero-order valence-electron chi connectivity index (χ0n) is 15.3. The SMILES string of the molecule is COCC(C)n1cc(Nc2nc(CCCC3CC3)c3cc[nH]c3n2)nn1. The number of anilines is 2. The number of nitrogens with zero attached hydrogens (tertiary/aromatic N) is 5. The Morgan fingerprint density at radius 1 is 1.38 bits per heavy atom. The van der Waals surface area contributed by atoms with Crippen molar-refractivity contribution in [2.75, 3.05) is 19.0 Å². The van der Waals surface area contributed by atoms with Gasteiger partial charge in [-0.2, -0.15) is 4.98 Å². The van der Waals surface area contributed by atoms with Crippen LogP contribution in [0.25, 0.3) is 11.0 Å². The van der Waals surface area contributed by atoms with Gasteiger partial charge in [0.15, 0.2) is 5.82 Å². The number of H-pyrrole nitrogens is 1. The molecule has 8 heteroatoms. The molecule has 0 bridgehead atoms. The maximum absolute atomic E-state index is 5.16. The third kappa shape index (κ3) is 3.85. The molecule has 3 aromatic heterocycles. The number of nitrogens with one attached hydrogen (secondary N) is 2. The summed E-state index contributed by atoms with van der Waals surface area (Å²) in [6, 6.07) is 2.17. The largest absolute Gasteiger partial charge is 0.382 e. The van der Waals surface area contributed by atoms with E-state index >= 15 is 0 Å². The molecule has 26 heavy (non-hydrogen) atoms. The van der Waals surface area contributed by atoms with E-state index in [1.165, 1.54) is 25.7 Å². The van der Waals surface area contributed by atoms with E-state index in [2.05, 4.69) is 25.6 Å². The maximum Gasteiger partial charge on any atom is 0.230 e. The third-order valence-corrected chi connectivity index (χ3v) is 4.83. The molecule has 3 heterocycles. The standard InChI is InChI=1S/C18H25N7O/c1-12(11-26-2)25-10-16(23-24-25)21-18-20-15(5-3-4-13-6-7-13)14-8-9-19-17(14)22-18/h8-10,12-13H,3-7,11H2,1-2H3,(H2,19,20,21,22). The van der Waals surface area contributed by atoms with Gasteiger partial charge in [0, 0.05) is 18.7 Å². The molecule has 4 rings (SSSR count). The lowest BCUT2D eigenvalue weighted by atomic mass is 10.1. The van der Waals surface area contributed by atoms with E-state index in [1.54, 1.807) is 11.8 Å². The Hall–Kier alpha value is -2.48. The van der Waals surface area contributed by atoms with Crippen molar-refractivity contribution in [3.8, 4) is 0 Å². The van der Waals surface area contributed by atoms with E-state index < -0.39 is 0 Å². The van der Waals surface area contributed by atoms with Crippen LogP contribution in [-0.2, 0) is 11.2 Å². The van der Waals surface area contributed by atoms with Gasteiger partial charge in [0.25, 0.3) is 0 Å². The molecule has 3 aromatic rings.